The Balaban J connectivity index is 2.20. The van der Waals surface area contributed by atoms with Crippen molar-refractivity contribution in [1.82, 2.24) is 0 Å². The quantitative estimate of drug-likeness (QED) is 0.584. The zero-order valence-corrected chi connectivity index (χ0v) is 6.36. The van der Waals surface area contributed by atoms with Gasteiger partial charge in [0, 0.05) is 23.6 Å². The van der Waals surface area contributed by atoms with Crippen LogP contribution in [-0.2, 0) is 0 Å². The van der Waals surface area contributed by atoms with Crippen LogP contribution in [0.25, 0.3) is 0 Å². The summed E-state index contributed by atoms with van der Waals surface area (Å²) in [7, 11) is 0. The van der Waals surface area contributed by atoms with Crippen LogP contribution in [0.2, 0.25) is 0 Å². The van der Waals surface area contributed by atoms with E-state index in [1.807, 2.05) is 11.8 Å². The molecule has 0 spiro atoms. The van der Waals surface area contributed by atoms with Crippen molar-refractivity contribution >= 4 is 11.8 Å². The Labute approximate surface area is 60.4 Å². The van der Waals surface area contributed by atoms with E-state index < -0.39 is 0 Å². The van der Waals surface area contributed by atoms with Gasteiger partial charge in [-0.3, -0.25) is 0 Å². The molecule has 2 atom stereocenters. The van der Waals surface area contributed by atoms with E-state index in [0.29, 0.717) is 10.5 Å². The van der Waals surface area contributed by atoms with Crippen LogP contribution in [0.4, 0.5) is 0 Å². The van der Waals surface area contributed by atoms with Gasteiger partial charge in [-0.05, 0) is 12.8 Å². The highest BCUT2D eigenvalue weighted by molar-refractivity contribution is 8.00. The summed E-state index contributed by atoms with van der Waals surface area (Å²) >= 11 is 1.96. The molecule has 4 N–H and O–H groups in total. The Hall–Kier alpha value is 0.270. The molecule has 1 rings (SSSR count). The van der Waals surface area contributed by atoms with Crippen molar-refractivity contribution in [2.45, 2.75) is 23.3 Å². The van der Waals surface area contributed by atoms with Gasteiger partial charge in [-0.15, -0.1) is 0 Å². The van der Waals surface area contributed by atoms with Crippen molar-refractivity contribution in [2.75, 3.05) is 13.1 Å². The lowest BCUT2D eigenvalue weighted by Gasteiger charge is -2.05. The van der Waals surface area contributed by atoms with Gasteiger partial charge < -0.3 is 11.5 Å². The average molecular weight is 146 g/mol. The molecule has 0 aromatic carbocycles. The summed E-state index contributed by atoms with van der Waals surface area (Å²) in [5.41, 5.74) is 11.0. The van der Waals surface area contributed by atoms with Crippen LogP contribution in [-0.4, -0.2) is 23.6 Å². The molecule has 1 saturated heterocycles. The molecule has 54 valence electrons. The minimum Gasteiger partial charge on any atom is -0.329 e. The van der Waals surface area contributed by atoms with Crippen molar-refractivity contribution in [1.29, 1.82) is 0 Å². The molecule has 0 radical (unpaired) electrons. The van der Waals surface area contributed by atoms with E-state index in [4.69, 9.17) is 11.5 Å². The van der Waals surface area contributed by atoms with Gasteiger partial charge in [0.2, 0.25) is 0 Å². The monoisotopic (exact) mass is 146 g/mol. The lowest BCUT2D eigenvalue weighted by atomic mass is 10.2. The Bertz CT molecular complexity index is 77.1. The fourth-order valence-corrected chi connectivity index (χ4v) is 2.44. The van der Waals surface area contributed by atoms with E-state index in [2.05, 4.69) is 0 Å². The van der Waals surface area contributed by atoms with Crippen molar-refractivity contribution in [2.24, 2.45) is 11.5 Å². The van der Waals surface area contributed by atoms with E-state index in [-0.39, 0.29) is 0 Å². The molecule has 0 saturated carbocycles. The summed E-state index contributed by atoms with van der Waals surface area (Å²) in [6, 6.07) is 0. The topological polar surface area (TPSA) is 52.0 Å². The minimum absolute atomic E-state index is 0.693. The highest BCUT2D eigenvalue weighted by Crippen LogP contribution is 2.31. The van der Waals surface area contributed by atoms with Gasteiger partial charge in [0.05, 0.1) is 0 Å². The number of nitrogens with two attached hydrogens (primary N) is 2. The number of hydrogen-bond donors (Lipinski definition) is 2. The van der Waals surface area contributed by atoms with Crippen molar-refractivity contribution in [3.05, 3.63) is 0 Å². The summed E-state index contributed by atoms with van der Waals surface area (Å²) in [4.78, 5) is 0. The molecule has 0 amide bonds. The molecule has 1 aliphatic heterocycles. The Morgan fingerprint density at radius 1 is 1.11 bits per heavy atom. The highest BCUT2D eigenvalue weighted by atomic mass is 32.2. The smallest absolute Gasteiger partial charge is 0.0173 e. The molecule has 0 unspecified atom stereocenters. The number of rotatable bonds is 2. The third-order valence-corrected chi connectivity index (χ3v) is 3.35. The largest absolute Gasteiger partial charge is 0.329 e. The van der Waals surface area contributed by atoms with Gasteiger partial charge in [-0.2, -0.15) is 11.8 Å². The summed E-state index contributed by atoms with van der Waals surface area (Å²) in [6.07, 6.45) is 2.53. The Kier molecular flexibility index (Phi) is 2.82. The minimum atomic E-state index is 0.693. The predicted molar refractivity (Wildman–Crippen MR) is 42.5 cm³/mol. The Morgan fingerprint density at radius 2 is 1.56 bits per heavy atom. The summed E-state index contributed by atoms with van der Waals surface area (Å²) in [6.45, 7) is 1.64. The summed E-state index contributed by atoms with van der Waals surface area (Å²) < 4.78 is 0. The van der Waals surface area contributed by atoms with E-state index in [1.165, 1.54) is 12.8 Å². The molecule has 1 aliphatic rings. The van der Waals surface area contributed by atoms with Crippen LogP contribution in [0.1, 0.15) is 12.8 Å². The van der Waals surface area contributed by atoms with Gasteiger partial charge in [0.25, 0.3) is 0 Å². The second-order valence-electron chi connectivity index (χ2n) is 2.43. The first kappa shape index (κ1) is 7.38. The molecule has 0 aromatic heterocycles. The molecule has 9 heavy (non-hydrogen) atoms. The van der Waals surface area contributed by atoms with E-state index >= 15 is 0 Å². The fraction of sp³-hybridized carbons (Fsp3) is 1.00. The summed E-state index contributed by atoms with van der Waals surface area (Å²) in [5.74, 6) is 0. The van der Waals surface area contributed by atoms with Crippen molar-refractivity contribution in [3.8, 4) is 0 Å². The Morgan fingerprint density at radius 3 is 1.78 bits per heavy atom. The van der Waals surface area contributed by atoms with E-state index in [9.17, 15) is 0 Å². The maximum Gasteiger partial charge on any atom is 0.0173 e. The normalized spacial score (nSPS) is 35.3. The second kappa shape index (κ2) is 3.44. The van der Waals surface area contributed by atoms with Gasteiger partial charge >= 0.3 is 0 Å². The average Bonchev–Trinajstić information content (AvgIpc) is 2.34. The predicted octanol–water partition coefficient (Wildman–Crippen LogP) is 0.168. The highest BCUT2D eigenvalue weighted by Gasteiger charge is 2.22. The molecular weight excluding hydrogens is 132 g/mol. The lowest BCUT2D eigenvalue weighted by Crippen LogP contribution is -2.15. The van der Waals surface area contributed by atoms with Crippen LogP contribution in [0.3, 0.4) is 0 Å². The maximum absolute atomic E-state index is 5.49. The zero-order valence-electron chi connectivity index (χ0n) is 5.55. The van der Waals surface area contributed by atoms with Gasteiger partial charge in [0.15, 0.2) is 0 Å². The van der Waals surface area contributed by atoms with Gasteiger partial charge in [-0.25, -0.2) is 0 Å². The number of hydrogen-bond acceptors (Lipinski definition) is 3. The van der Waals surface area contributed by atoms with Crippen LogP contribution < -0.4 is 11.5 Å². The third kappa shape index (κ3) is 1.85. The number of thioether (sulfide) groups is 1. The second-order valence-corrected chi connectivity index (χ2v) is 4.03. The third-order valence-electron chi connectivity index (χ3n) is 1.72. The molecule has 3 heteroatoms. The van der Waals surface area contributed by atoms with E-state index in [0.717, 1.165) is 13.1 Å². The van der Waals surface area contributed by atoms with Crippen LogP contribution >= 0.6 is 11.8 Å². The summed E-state index contributed by atoms with van der Waals surface area (Å²) in [5, 5.41) is 1.39. The fourth-order valence-electron chi connectivity index (χ4n) is 1.13. The maximum atomic E-state index is 5.49. The first-order valence-electron chi connectivity index (χ1n) is 3.42. The van der Waals surface area contributed by atoms with Crippen LogP contribution in [0.15, 0.2) is 0 Å². The molecular formula is C6H14N2S. The molecule has 1 heterocycles. The SMILES string of the molecule is NC[C@H]1CC[C@H](CN)S1. The van der Waals surface area contributed by atoms with Crippen LogP contribution in [0.5, 0.6) is 0 Å². The lowest BCUT2D eigenvalue weighted by molar-refractivity contribution is 0.724. The van der Waals surface area contributed by atoms with Crippen molar-refractivity contribution in [3.63, 3.8) is 0 Å². The molecule has 2 nitrogen and oxygen atoms in total. The molecule has 0 bridgehead atoms. The molecule has 0 aliphatic carbocycles. The first-order valence-corrected chi connectivity index (χ1v) is 4.36. The standard InChI is InChI=1S/C6H14N2S/c7-3-5-1-2-6(4-8)9-5/h5-6H,1-4,7-8H2/t5-,6-/m1/s1. The zero-order chi connectivity index (χ0) is 6.69. The molecule has 0 aromatic rings. The van der Waals surface area contributed by atoms with Crippen molar-refractivity contribution < 1.29 is 0 Å². The molecule has 1 fully saturated rings. The van der Waals surface area contributed by atoms with Crippen LogP contribution in [0, 0.1) is 0 Å². The van der Waals surface area contributed by atoms with Gasteiger partial charge in [0.1, 0.15) is 0 Å². The first-order chi connectivity index (χ1) is 4.36. The van der Waals surface area contributed by atoms with E-state index in [1.54, 1.807) is 0 Å². The van der Waals surface area contributed by atoms with Gasteiger partial charge in [-0.1, -0.05) is 0 Å².